The van der Waals surface area contributed by atoms with E-state index in [2.05, 4.69) is 24.5 Å². The number of ether oxygens (including phenoxy) is 1. The maximum atomic E-state index is 6.09. The summed E-state index contributed by atoms with van der Waals surface area (Å²) < 4.78 is 9.88. The summed E-state index contributed by atoms with van der Waals surface area (Å²) in [5, 5.41) is 4.15. The van der Waals surface area contributed by atoms with Gasteiger partial charge in [-0.3, -0.25) is 4.57 Å². The first-order chi connectivity index (χ1) is 12.8. The van der Waals surface area contributed by atoms with E-state index in [1.807, 2.05) is 37.5 Å². The molecule has 0 unspecified atom stereocenters. The van der Waals surface area contributed by atoms with Crippen LogP contribution < -0.4 is 9.64 Å². The van der Waals surface area contributed by atoms with E-state index in [4.69, 9.17) is 9.72 Å². The third-order valence-electron chi connectivity index (χ3n) is 4.85. The Kier molecular flexibility index (Phi) is 3.48. The lowest BCUT2D eigenvalue weighted by Crippen LogP contribution is -2.39. The van der Waals surface area contributed by atoms with Crippen molar-refractivity contribution in [3.05, 3.63) is 42.9 Å². The predicted octanol–water partition coefficient (Wildman–Crippen LogP) is 2.06. The van der Waals surface area contributed by atoms with Gasteiger partial charge in [-0.15, -0.1) is 0 Å². The van der Waals surface area contributed by atoms with Gasteiger partial charge in [-0.2, -0.15) is 10.1 Å². The summed E-state index contributed by atoms with van der Waals surface area (Å²) >= 11 is 0. The molecule has 1 aliphatic rings. The zero-order chi connectivity index (χ0) is 17.5. The molecule has 26 heavy (non-hydrogen) atoms. The second kappa shape index (κ2) is 5.98. The van der Waals surface area contributed by atoms with Crippen LogP contribution in [0.3, 0.4) is 0 Å². The minimum absolute atomic E-state index is 0.164. The molecule has 4 aromatic rings. The van der Waals surface area contributed by atoms with Gasteiger partial charge in [0.15, 0.2) is 11.3 Å². The van der Waals surface area contributed by atoms with Crippen LogP contribution in [0.5, 0.6) is 5.88 Å². The highest BCUT2D eigenvalue weighted by Crippen LogP contribution is 2.24. The molecule has 1 aliphatic heterocycles. The van der Waals surface area contributed by atoms with Crippen molar-refractivity contribution in [2.75, 3.05) is 18.0 Å². The molecule has 1 fully saturated rings. The van der Waals surface area contributed by atoms with Gasteiger partial charge in [0.05, 0.1) is 6.20 Å². The molecule has 0 bridgehead atoms. The molecular weight excluding hydrogens is 330 g/mol. The van der Waals surface area contributed by atoms with E-state index < -0.39 is 0 Å². The smallest absolute Gasteiger partial charge is 0.217 e. The average Bonchev–Trinajstić information content (AvgIpc) is 3.27. The Morgan fingerprint density at radius 1 is 1.08 bits per heavy atom. The van der Waals surface area contributed by atoms with Crippen LogP contribution in [0.25, 0.3) is 16.8 Å². The summed E-state index contributed by atoms with van der Waals surface area (Å²) in [6, 6.07) is 7.66. The van der Waals surface area contributed by atoms with E-state index in [0.717, 1.165) is 48.7 Å². The van der Waals surface area contributed by atoms with Gasteiger partial charge in [-0.1, -0.05) is 0 Å². The molecule has 5 rings (SSSR count). The molecule has 132 valence electrons. The highest BCUT2D eigenvalue weighted by atomic mass is 16.5. The Balaban J connectivity index is 1.28. The molecule has 0 N–H and O–H groups in total. The first kappa shape index (κ1) is 15.1. The Hall–Kier alpha value is -3.16. The SMILES string of the molecule is Cn1c(N2CCC(Oc3ccn4nccc4n3)CC2)nc2cccnc21. The fraction of sp³-hybridized carbons (Fsp3) is 0.333. The van der Waals surface area contributed by atoms with Crippen molar-refractivity contribution >= 4 is 22.8 Å². The molecular formula is C18H19N7O. The van der Waals surface area contributed by atoms with E-state index in [1.54, 1.807) is 16.9 Å². The molecule has 0 saturated carbocycles. The Bertz CT molecular complexity index is 1060. The number of hydrogen-bond donors (Lipinski definition) is 0. The summed E-state index contributed by atoms with van der Waals surface area (Å²) in [4.78, 5) is 15.9. The molecule has 0 aliphatic carbocycles. The maximum absolute atomic E-state index is 6.09. The molecule has 1 saturated heterocycles. The fourth-order valence-electron chi connectivity index (χ4n) is 3.50. The van der Waals surface area contributed by atoms with Gasteiger partial charge in [0.25, 0.3) is 0 Å². The molecule has 4 aromatic heterocycles. The summed E-state index contributed by atoms with van der Waals surface area (Å²) in [5.41, 5.74) is 2.65. The lowest BCUT2D eigenvalue weighted by molar-refractivity contribution is 0.163. The van der Waals surface area contributed by atoms with Crippen molar-refractivity contribution in [1.29, 1.82) is 0 Å². The minimum Gasteiger partial charge on any atom is -0.474 e. The van der Waals surface area contributed by atoms with Crippen LogP contribution in [0.15, 0.2) is 42.9 Å². The van der Waals surface area contributed by atoms with Gasteiger partial charge < -0.3 is 9.64 Å². The van der Waals surface area contributed by atoms with Crippen molar-refractivity contribution in [3.63, 3.8) is 0 Å². The zero-order valence-corrected chi connectivity index (χ0v) is 14.5. The normalized spacial score (nSPS) is 15.8. The minimum atomic E-state index is 0.164. The van der Waals surface area contributed by atoms with Crippen molar-refractivity contribution in [2.45, 2.75) is 18.9 Å². The second-order valence-corrected chi connectivity index (χ2v) is 6.52. The zero-order valence-electron chi connectivity index (χ0n) is 14.5. The molecule has 0 radical (unpaired) electrons. The number of fused-ring (bicyclic) bond motifs is 2. The van der Waals surface area contributed by atoms with Gasteiger partial charge >= 0.3 is 0 Å². The number of hydrogen-bond acceptors (Lipinski definition) is 6. The lowest BCUT2D eigenvalue weighted by Gasteiger charge is -2.32. The van der Waals surface area contributed by atoms with E-state index in [9.17, 15) is 0 Å². The van der Waals surface area contributed by atoms with Crippen molar-refractivity contribution in [2.24, 2.45) is 7.05 Å². The van der Waals surface area contributed by atoms with Gasteiger partial charge in [-0.25, -0.2) is 14.5 Å². The number of imidazole rings is 1. The first-order valence-electron chi connectivity index (χ1n) is 8.77. The Morgan fingerprint density at radius 2 is 1.96 bits per heavy atom. The number of nitrogens with zero attached hydrogens (tertiary/aromatic N) is 7. The van der Waals surface area contributed by atoms with Crippen molar-refractivity contribution in [3.8, 4) is 5.88 Å². The second-order valence-electron chi connectivity index (χ2n) is 6.52. The van der Waals surface area contributed by atoms with Crippen LogP contribution >= 0.6 is 0 Å². The van der Waals surface area contributed by atoms with Crippen LogP contribution in [0.1, 0.15) is 12.8 Å². The summed E-state index contributed by atoms with van der Waals surface area (Å²) in [6.45, 7) is 1.80. The number of pyridine rings is 1. The molecule has 5 heterocycles. The van der Waals surface area contributed by atoms with E-state index in [0.29, 0.717) is 5.88 Å². The summed E-state index contributed by atoms with van der Waals surface area (Å²) in [6.07, 6.45) is 7.44. The number of aryl methyl sites for hydroxylation is 1. The molecule has 0 atom stereocenters. The third-order valence-corrected chi connectivity index (χ3v) is 4.85. The Labute approximate surface area is 150 Å². The van der Waals surface area contributed by atoms with Gasteiger partial charge in [0.1, 0.15) is 11.6 Å². The molecule has 0 amide bonds. The number of aromatic nitrogens is 6. The quantitative estimate of drug-likeness (QED) is 0.564. The van der Waals surface area contributed by atoms with E-state index in [1.165, 1.54) is 0 Å². The highest BCUT2D eigenvalue weighted by Gasteiger charge is 2.24. The molecule has 0 aromatic carbocycles. The lowest BCUT2D eigenvalue weighted by atomic mass is 10.1. The van der Waals surface area contributed by atoms with Crippen LogP contribution in [0.4, 0.5) is 5.95 Å². The van der Waals surface area contributed by atoms with E-state index in [-0.39, 0.29) is 6.10 Å². The van der Waals surface area contributed by atoms with Crippen LogP contribution in [0, 0.1) is 0 Å². The summed E-state index contributed by atoms with van der Waals surface area (Å²) in [5.74, 6) is 1.62. The molecule has 8 nitrogen and oxygen atoms in total. The van der Waals surface area contributed by atoms with E-state index >= 15 is 0 Å². The highest BCUT2D eigenvalue weighted by molar-refractivity contribution is 5.74. The molecule has 8 heteroatoms. The topological polar surface area (TPSA) is 73.4 Å². The van der Waals surface area contributed by atoms with Crippen LogP contribution in [-0.4, -0.2) is 48.3 Å². The first-order valence-corrected chi connectivity index (χ1v) is 8.77. The van der Waals surface area contributed by atoms with Crippen LogP contribution in [0.2, 0.25) is 0 Å². The standard InChI is InChI=1S/C18H19N7O/c1-23-17-14(3-2-8-19-17)21-18(23)24-10-5-13(6-11-24)26-16-7-12-25-15(22-16)4-9-20-25/h2-4,7-9,12-13H,5-6,10-11H2,1H3. The average molecular weight is 349 g/mol. The summed E-state index contributed by atoms with van der Waals surface area (Å²) in [7, 11) is 2.02. The Morgan fingerprint density at radius 3 is 2.81 bits per heavy atom. The number of piperidine rings is 1. The van der Waals surface area contributed by atoms with Crippen molar-refractivity contribution in [1.82, 2.24) is 29.1 Å². The van der Waals surface area contributed by atoms with Gasteiger partial charge in [-0.05, 0) is 12.1 Å². The van der Waals surface area contributed by atoms with Gasteiger partial charge in [0.2, 0.25) is 11.8 Å². The van der Waals surface area contributed by atoms with Gasteiger partial charge in [0, 0.05) is 57.5 Å². The number of rotatable bonds is 3. The van der Waals surface area contributed by atoms with Crippen molar-refractivity contribution < 1.29 is 4.74 Å². The molecule has 0 spiro atoms. The van der Waals surface area contributed by atoms with Crippen LogP contribution in [-0.2, 0) is 7.05 Å². The number of anilines is 1. The monoisotopic (exact) mass is 349 g/mol. The maximum Gasteiger partial charge on any atom is 0.217 e. The largest absolute Gasteiger partial charge is 0.474 e. The fourth-order valence-corrected chi connectivity index (χ4v) is 3.50. The third kappa shape index (κ3) is 2.54. The predicted molar refractivity (Wildman–Crippen MR) is 97.4 cm³/mol.